The molecule has 0 aromatic heterocycles. The van der Waals surface area contributed by atoms with Gasteiger partial charge in [0.2, 0.25) is 0 Å². The zero-order valence-electron chi connectivity index (χ0n) is 7.31. The zero-order chi connectivity index (χ0) is 8.23. The van der Waals surface area contributed by atoms with Gasteiger partial charge in [0, 0.05) is 12.8 Å². The smallest absolute Gasteiger partial charge is 0.133 e. The monoisotopic (exact) mass is 162 g/mol. The minimum atomic E-state index is 0.455. The standard InChI is InChI=1S/C11H14O/c12-9-3-6-10-4-1-2-5-11(10,7-9)8-10/h1-2H,3-8H2/t10-,11+/m0/s1. The van der Waals surface area contributed by atoms with Gasteiger partial charge in [-0.05, 0) is 36.5 Å². The first-order valence-electron chi connectivity index (χ1n) is 4.93. The van der Waals surface area contributed by atoms with Crippen molar-refractivity contribution < 1.29 is 4.79 Å². The number of allylic oxidation sites excluding steroid dienone is 2. The molecule has 0 saturated heterocycles. The third-order valence-electron chi connectivity index (χ3n) is 4.28. The van der Waals surface area contributed by atoms with Crippen LogP contribution >= 0.6 is 0 Å². The second kappa shape index (κ2) is 1.84. The fraction of sp³-hybridized carbons (Fsp3) is 0.727. The fourth-order valence-corrected chi connectivity index (χ4v) is 3.42. The molecule has 1 nitrogen and oxygen atoms in total. The first kappa shape index (κ1) is 6.88. The molecule has 2 saturated carbocycles. The van der Waals surface area contributed by atoms with E-state index in [-0.39, 0.29) is 0 Å². The molecule has 0 N–H and O–H groups in total. The molecule has 0 bridgehead atoms. The highest BCUT2D eigenvalue weighted by Crippen LogP contribution is 2.75. The molecule has 64 valence electrons. The van der Waals surface area contributed by atoms with Crippen LogP contribution in [0.5, 0.6) is 0 Å². The van der Waals surface area contributed by atoms with Crippen molar-refractivity contribution in [3.63, 3.8) is 0 Å². The van der Waals surface area contributed by atoms with E-state index in [1.807, 2.05) is 0 Å². The average Bonchev–Trinajstić information content (AvgIpc) is 2.72. The quantitative estimate of drug-likeness (QED) is 0.500. The molecule has 3 aliphatic carbocycles. The van der Waals surface area contributed by atoms with Crippen LogP contribution in [0.2, 0.25) is 0 Å². The molecule has 1 heteroatoms. The lowest BCUT2D eigenvalue weighted by molar-refractivity contribution is -0.122. The molecular formula is C11H14O. The van der Waals surface area contributed by atoms with Gasteiger partial charge in [0.05, 0.1) is 0 Å². The van der Waals surface area contributed by atoms with Crippen molar-refractivity contribution in [1.82, 2.24) is 0 Å². The van der Waals surface area contributed by atoms with Crippen molar-refractivity contribution >= 4 is 5.78 Å². The van der Waals surface area contributed by atoms with Gasteiger partial charge in [0.1, 0.15) is 5.78 Å². The lowest BCUT2D eigenvalue weighted by atomic mass is 9.73. The first-order chi connectivity index (χ1) is 5.77. The number of rotatable bonds is 0. The van der Waals surface area contributed by atoms with Crippen molar-refractivity contribution in [2.75, 3.05) is 0 Å². The Labute approximate surface area is 72.8 Å². The van der Waals surface area contributed by atoms with E-state index in [0.29, 0.717) is 16.6 Å². The molecule has 0 unspecified atom stereocenters. The molecule has 0 radical (unpaired) electrons. The van der Waals surface area contributed by atoms with Gasteiger partial charge in [-0.1, -0.05) is 12.2 Å². The summed E-state index contributed by atoms with van der Waals surface area (Å²) in [7, 11) is 0. The minimum Gasteiger partial charge on any atom is -0.300 e. The summed E-state index contributed by atoms with van der Waals surface area (Å²) in [5, 5.41) is 0. The third-order valence-corrected chi connectivity index (χ3v) is 4.28. The summed E-state index contributed by atoms with van der Waals surface area (Å²) in [6.45, 7) is 0. The molecule has 0 amide bonds. The van der Waals surface area contributed by atoms with Crippen LogP contribution in [0.3, 0.4) is 0 Å². The number of Topliss-reactive ketones (excluding diaryl/α,β-unsaturated/α-hetero) is 1. The molecular weight excluding hydrogens is 148 g/mol. The van der Waals surface area contributed by atoms with Gasteiger partial charge < -0.3 is 0 Å². The summed E-state index contributed by atoms with van der Waals surface area (Å²) >= 11 is 0. The van der Waals surface area contributed by atoms with Crippen LogP contribution in [-0.4, -0.2) is 5.78 Å². The number of carbonyl (C=O) groups is 1. The van der Waals surface area contributed by atoms with Crippen LogP contribution in [0.1, 0.15) is 38.5 Å². The molecule has 2 atom stereocenters. The van der Waals surface area contributed by atoms with E-state index in [1.165, 1.54) is 25.7 Å². The molecule has 0 aliphatic heterocycles. The van der Waals surface area contributed by atoms with Gasteiger partial charge in [0.15, 0.2) is 0 Å². The first-order valence-corrected chi connectivity index (χ1v) is 4.93. The van der Waals surface area contributed by atoms with Gasteiger partial charge >= 0.3 is 0 Å². The van der Waals surface area contributed by atoms with Crippen molar-refractivity contribution in [1.29, 1.82) is 0 Å². The van der Waals surface area contributed by atoms with Gasteiger partial charge in [-0.2, -0.15) is 0 Å². The minimum absolute atomic E-state index is 0.455. The Bertz CT molecular complexity index is 279. The second-order valence-electron chi connectivity index (χ2n) is 4.83. The molecule has 0 aromatic rings. The van der Waals surface area contributed by atoms with E-state index < -0.39 is 0 Å². The predicted octanol–water partition coefficient (Wildman–Crippen LogP) is 2.47. The maximum atomic E-state index is 11.3. The Morgan fingerprint density at radius 2 is 1.92 bits per heavy atom. The van der Waals surface area contributed by atoms with Crippen LogP contribution in [0.15, 0.2) is 12.2 Å². The molecule has 2 fully saturated rings. The maximum absolute atomic E-state index is 11.3. The number of hydrogen-bond acceptors (Lipinski definition) is 1. The molecule has 0 heterocycles. The van der Waals surface area contributed by atoms with Crippen LogP contribution in [0.25, 0.3) is 0 Å². The molecule has 12 heavy (non-hydrogen) atoms. The van der Waals surface area contributed by atoms with Crippen LogP contribution in [0.4, 0.5) is 0 Å². The Hall–Kier alpha value is -0.590. The fourth-order valence-electron chi connectivity index (χ4n) is 3.42. The van der Waals surface area contributed by atoms with E-state index in [1.54, 1.807) is 0 Å². The van der Waals surface area contributed by atoms with E-state index in [9.17, 15) is 4.79 Å². The van der Waals surface area contributed by atoms with E-state index in [0.717, 1.165) is 12.8 Å². The highest BCUT2D eigenvalue weighted by molar-refractivity contribution is 5.81. The summed E-state index contributed by atoms with van der Waals surface area (Å²) in [6, 6.07) is 0. The van der Waals surface area contributed by atoms with E-state index in [2.05, 4.69) is 12.2 Å². The van der Waals surface area contributed by atoms with Crippen LogP contribution in [0, 0.1) is 10.8 Å². The molecule has 3 rings (SSSR count). The Kier molecular flexibility index (Phi) is 1.05. The summed E-state index contributed by atoms with van der Waals surface area (Å²) in [5.41, 5.74) is 1.05. The third kappa shape index (κ3) is 0.634. The Balaban J connectivity index is 1.96. The van der Waals surface area contributed by atoms with Crippen molar-refractivity contribution in [2.24, 2.45) is 10.8 Å². The Morgan fingerprint density at radius 3 is 2.75 bits per heavy atom. The van der Waals surface area contributed by atoms with Crippen LogP contribution in [-0.2, 0) is 4.79 Å². The largest absolute Gasteiger partial charge is 0.300 e. The lowest BCUT2D eigenvalue weighted by Gasteiger charge is -2.30. The zero-order valence-corrected chi connectivity index (χ0v) is 7.31. The summed E-state index contributed by atoms with van der Waals surface area (Å²) < 4.78 is 0. The normalized spacial score (nSPS) is 49.8. The van der Waals surface area contributed by atoms with Crippen molar-refractivity contribution in [3.05, 3.63) is 12.2 Å². The topological polar surface area (TPSA) is 17.1 Å². The average molecular weight is 162 g/mol. The SMILES string of the molecule is O=C1CC[C@]23CC=CC[C@@]2(C1)C3. The van der Waals surface area contributed by atoms with E-state index >= 15 is 0 Å². The van der Waals surface area contributed by atoms with Gasteiger partial charge in [-0.25, -0.2) is 0 Å². The summed E-state index contributed by atoms with van der Waals surface area (Å²) in [4.78, 5) is 11.3. The Morgan fingerprint density at radius 1 is 1.17 bits per heavy atom. The molecule has 3 aliphatic rings. The number of ketones is 1. The van der Waals surface area contributed by atoms with Crippen LogP contribution < -0.4 is 0 Å². The lowest BCUT2D eigenvalue weighted by Crippen LogP contribution is -2.25. The highest BCUT2D eigenvalue weighted by atomic mass is 16.1. The van der Waals surface area contributed by atoms with Crippen molar-refractivity contribution in [2.45, 2.75) is 38.5 Å². The van der Waals surface area contributed by atoms with Gasteiger partial charge in [-0.3, -0.25) is 4.79 Å². The molecule has 0 spiro atoms. The van der Waals surface area contributed by atoms with E-state index in [4.69, 9.17) is 0 Å². The summed E-state index contributed by atoms with van der Waals surface area (Å²) in [5.74, 6) is 0.512. The highest BCUT2D eigenvalue weighted by Gasteiger charge is 2.68. The summed E-state index contributed by atoms with van der Waals surface area (Å²) in [6.07, 6.45) is 11.3. The number of hydrogen-bond donors (Lipinski definition) is 0. The maximum Gasteiger partial charge on any atom is 0.133 e. The predicted molar refractivity (Wildman–Crippen MR) is 46.7 cm³/mol. The second-order valence-corrected chi connectivity index (χ2v) is 4.83. The number of carbonyl (C=O) groups excluding carboxylic acids is 1. The van der Waals surface area contributed by atoms with Gasteiger partial charge in [-0.15, -0.1) is 0 Å². The molecule has 0 aromatic carbocycles. The van der Waals surface area contributed by atoms with Crippen molar-refractivity contribution in [3.8, 4) is 0 Å². The van der Waals surface area contributed by atoms with Gasteiger partial charge in [0.25, 0.3) is 0 Å².